The van der Waals surface area contributed by atoms with Crippen LogP contribution in [0.15, 0.2) is 0 Å². The van der Waals surface area contributed by atoms with E-state index < -0.39 is 0 Å². The second-order valence-electron chi connectivity index (χ2n) is 2.96. The third-order valence-electron chi connectivity index (χ3n) is 2.60. The minimum absolute atomic E-state index is 0.670. The number of fused-ring (bicyclic) bond motifs is 1. The smallest absolute Gasteiger partial charge is 0.0634 e. The van der Waals surface area contributed by atoms with Gasteiger partial charge in [-0.1, -0.05) is 6.42 Å². The number of hydrogen-bond donors (Lipinski definition) is 0. The van der Waals surface area contributed by atoms with Crippen molar-refractivity contribution in [3.05, 3.63) is 0 Å². The van der Waals surface area contributed by atoms with E-state index in [0.29, 0.717) is 6.10 Å². The van der Waals surface area contributed by atoms with E-state index in [9.17, 15) is 0 Å². The van der Waals surface area contributed by atoms with Gasteiger partial charge in [0.1, 0.15) is 0 Å². The lowest BCUT2D eigenvalue weighted by molar-refractivity contribution is 0.151. The zero-order chi connectivity index (χ0) is 5.56. The minimum atomic E-state index is 0.670. The Kier molecular flexibility index (Phi) is 0.884. The van der Waals surface area contributed by atoms with Gasteiger partial charge in [0.15, 0.2) is 0 Å². The molecule has 0 bridgehead atoms. The Morgan fingerprint density at radius 1 is 1.25 bits per heavy atom. The second kappa shape index (κ2) is 1.47. The van der Waals surface area contributed by atoms with Crippen LogP contribution in [0.25, 0.3) is 0 Å². The first-order valence-corrected chi connectivity index (χ1v) is 3.46. The van der Waals surface area contributed by atoms with Crippen molar-refractivity contribution in [2.75, 3.05) is 7.11 Å². The van der Waals surface area contributed by atoms with Crippen molar-refractivity contribution in [1.29, 1.82) is 0 Å². The first kappa shape index (κ1) is 4.80. The summed E-state index contributed by atoms with van der Waals surface area (Å²) >= 11 is 0. The minimum Gasteiger partial charge on any atom is -0.381 e. The number of ether oxygens (including phenoxy) is 1. The second-order valence-corrected chi connectivity index (χ2v) is 2.96. The maximum Gasteiger partial charge on any atom is 0.0634 e. The van der Waals surface area contributed by atoms with Crippen molar-refractivity contribution in [1.82, 2.24) is 0 Å². The number of hydrogen-bond acceptors (Lipinski definition) is 1. The highest BCUT2D eigenvalue weighted by Gasteiger charge is 2.52. The summed E-state index contributed by atoms with van der Waals surface area (Å²) in [6.45, 7) is 0. The van der Waals surface area contributed by atoms with Crippen LogP contribution in [-0.2, 0) is 4.74 Å². The first-order chi connectivity index (χ1) is 3.93. The molecule has 0 saturated heterocycles. The van der Waals surface area contributed by atoms with E-state index in [4.69, 9.17) is 4.74 Å². The van der Waals surface area contributed by atoms with E-state index >= 15 is 0 Å². The van der Waals surface area contributed by atoms with E-state index in [1.54, 1.807) is 0 Å². The predicted molar refractivity (Wildman–Crippen MR) is 31.6 cm³/mol. The van der Waals surface area contributed by atoms with Crippen molar-refractivity contribution in [2.24, 2.45) is 11.8 Å². The van der Waals surface area contributed by atoms with Gasteiger partial charge in [0.25, 0.3) is 0 Å². The summed E-state index contributed by atoms with van der Waals surface area (Å²) in [5, 5.41) is 0. The van der Waals surface area contributed by atoms with Crippen LogP contribution in [0.3, 0.4) is 0 Å². The van der Waals surface area contributed by atoms with Crippen LogP contribution in [0.2, 0.25) is 0 Å². The average Bonchev–Trinajstić information content (AvgIpc) is 2.22. The van der Waals surface area contributed by atoms with Crippen LogP contribution in [0.4, 0.5) is 0 Å². The molecular weight excluding hydrogens is 100 g/mol. The van der Waals surface area contributed by atoms with Gasteiger partial charge in [0.2, 0.25) is 0 Å². The summed E-state index contributed by atoms with van der Waals surface area (Å²) in [7, 11) is 1.84. The third-order valence-corrected chi connectivity index (χ3v) is 2.60. The summed E-state index contributed by atoms with van der Waals surface area (Å²) < 4.78 is 5.23. The summed E-state index contributed by atoms with van der Waals surface area (Å²) in [5.74, 6) is 1.94. The molecule has 0 aromatic rings. The highest BCUT2D eigenvalue weighted by molar-refractivity contribution is 5.02. The first-order valence-electron chi connectivity index (χ1n) is 3.46. The van der Waals surface area contributed by atoms with Crippen LogP contribution < -0.4 is 0 Å². The van der Waals surface area contributed by atoms with Gasteiger partial charge in [0, 0.05) is 7.11 Å². The molecule has 0 spiro atoms. The molecule has 2 fully saturated rings. The molecule has 8 heavy (non-hydrogen) atoms. The molecule has 1 heteroatoms. The van der Waals surface area contributed by atoms with Crippen molar-refractivity contribution >= 4 is 0 Å². The van der Waals surface area contributed by atoms with Crippen LogP contribution in [-0.4, -0.2) is 13.2 Å². The molecular formula is C7H12O. The molecule has 2 saturated carbocycles. The molecule has 0 heterocycles. The zero-order valence-electron chi connectivity index (χ0n) is 5.26. The predicted octanol–water partition coefficient (Wildman–Crippen LogP) is 1.43. The highest BCUT2D eigenvalue weighted by Crippen LogP contribution is 2.53. The molecule has 0 aromatic heterocycles. The van der Waals surface area contributed by atoms with Crippen molar-refractivity contribution < 1.29 is 4.74 Å². The molecule has 0 aromatic carbocycles. The molecule has 2 rings (SSSR count). The summed E-state index contributed by atoms with van der Waals surface area (Å²) in [5.41, 5.74) is 0. The Balaban J connectivity index is 1.94. The SMILES string of the molecule is COC1C2CCCC21. The molecule has 2 unspecified atom stereocenters. The molecule has 2 aliphatic carbocycles. The number of rotatable bonds is 1. The van der Waals surface area contributed by atoms with E-state index in [2.05, 4.69) is 0 Å². The Morgan fingerprint density at radius 2 is 1.88 bits per heavy atom. The van der Waals surface area contributed by atoms with E-state index in [0.717, 1.165) is 11.8 Å². The maximum absolute atomic E-state index is 5.23. The van der Waals surface area contributed by atoms with Gasteiger partial charge in [-0.2, -0.15) is 0 Å². The molecule has 2 aliphatic rings. The fraction of sp³-hybridized carbons (Fsp3) is 1.00. The lowest BCUT2D eigenvalue weighted by atomic mass is 10.2. The van der Waals surface area contributed by atoms with Crippen molar-refractivity contribution in [3.8, 4) is 0 Å². The number of methoxy groups -OCH3 is 1. The van der Waals surface area contributed by atoms with E-state index in [-0.39, 0.29) is 0 Å². The van der Waals surface area contributed by atoms with Crippen molar-refractivity contribution in [2.45, 2.75) is 25.4 Å². The topological polar surface area (TPSA) is 9.23 Å². The maximum atomic E-state index is 5.23. The Morgan fingerprint density at radius 3 is 2.25 bits per heavy atom. The molecule has 2 atom stereocenters. The van der Waals surface area contributed by atoms with Crippen LogP contribution in [0.1, 0.15) is 19.3 Å². The normalized spacial score (nSPS) is 51.4. The highest BCUT2D eigenvalue weighted by atomic mass is 16.5. The fourth-order valence-electron chi connectivity index (χ4n) is 2.11. The van der Waals surface area contributed by atoms with Gasteiger partial charge >= 0.3 is 0 Å². The van der Waals surface area contributed by atoms with Crippen LogP contribution in [0, 0.1) is 11.8 Å². The van der Waals surface area contributed by atoms with Gasteiger partial charge in [-0.15, -0.1) is 0 Å². The molecule has 0 N–H and O–H groups in total. The fourth-order valence-corrected chi connectivity index (χ4v) is 2.11. The van der Waals surface area contributed by atoms with Gasteiger partial charge in [-0.05, 0) is 24.7 Å². The Hall–Kier alpha value is -0.0400. The standard InChI is InChI=1S/C7H12O/c1-8-7-5-3-2-4-6(5)7/h5-7H,2-4H2,1H3. The van der Waals surface area contributed by atoms with Gasteiger partial charge in [-0.25, -0.2) is 0 Å². The van der Waals surface area contributed by atoms with Crippen molar-refractivity contribution in [3.63, 3.8) is 0 Å². The lowest BCUT2D eigenvalue weighted by Crippen LogP contribution is -1.94. The third kappa shape index (κ3) is 0.455. The Labute approximate surface area is 50.0 Å². The quantitative estimate of drug-likeness (QED) is 0.498. The molecule has 0 aliphatic heterocycles. The molecule has 0 radical (unpaired) electrons. The Bertz CT molecular complexity index is 83.8. The zero-order valence-corrected chi connectivity index (χ0v) is 5.26. The van der Waals surface area contributed by atoms with E-state index in [1.807, 2.05) is 7.11 Å². The lowest BCUT2D eigenvalue weighted by Gasteiger charge is -1.96. The van der Waals surface area contributed by atoms with Crippen LogP contribution >= 0.6 is 0 Å². The van der Waals surface area contributed by atoms with Gasteiger partial charge < -0.3 is 4.74 Å². The average molecular weight is 112 g/mol. The molecule has 0 amide bonds. The van der Waals surface area contributed by atoms with Crippen LogP contribution in [0.5, 0.6) is 0 Å². The monoisotopic (exact) mass is 112 g/mol. The van der Waals surface area contributed by atoms with Gasteiger partial charge in [-0.3, -0.25) is 0 Å². The molecule has 1 nitrogen and oxygen atoms in total. The summed E-state index contributed by atoms with van der Waals surface area (Å²) in [6.07, 6.45) is 4.99. The largest absolute Gasteiger partial charge is 0.381 e. The van der Waals surface area contributed by atoms with E-state index in [1.165, 1.54) is 19.3 Å². The summed E-state index contributed by atoms with van der Waals surface area (Å²) in [4.78, 5) is 0. The molecule has 46 valence electrons. The summed E-state index contributed by atoms with van der Waals surface area (Å²) in [6, 6.07) is 0. The van der Waals surface area contributed by atoms with Gasteiger partial charge in [0.05, 0.1) is 6.10 Å².